The molecular formula is C27H30N6O4S. The van der Waals surface area contributed by atoms with Crippen molar-refractivity contribution in [1.82, 2.24) is 20.2 Å². The molecule has 198 valence electrons. The molecule has 2 N–H and O–H groups in total. The molecule has 0 aliphatic carbocycles. The highest BCUT2D eigenvalue weighted by molar-refractivity contribution is 7.17. The topological polar surface area (TPSA) is 111 Å². The Balaban J connectivity index is 1.28. The zero-order valence-electron chi connectivity index (χ0n) is 21.7. The minimum absolute atomic E-state index is 0.0618. The van der Waals surface area contributed by atoms with E-state index < -0.39 is 6.09 Å². The molecule has 0 bridgehead atoms. The first-order valence-electron chi connectivity index (χ1n) is 12.7. The van der Waals surface area contributed by atoms with E-state index in [0.29, 0.717) is 50.6 Å². The highest BCUT2D eigenvalue weighted by Gasteiger charge is 2.35. The molecule has 2 aromatic heterocycles. The summed E-state index contributed by atoms with van der Waals surface area (Å²) in [6.07, 6.45) is 1.70. The van der Waals surface area contributed by atoms with Crippen molar-refractivity contribution in [1.29, 1.82) is 0 Å². The van der Waals surface area contributed by atoms with Gasteiger partial charge in [-0.3, -0.25) is 4.79 Å². The predicted molar refractivity (Wildman–Crippen MR) is 146 cm³/mol. The number of aromatic nitrogens is 2. The molecule has 38 heavy (non-hydrogen) atoms. The number of carboxylic acid groups (broad SMARTS) is 1. The number of piperazine rings is 1. The molecule has 3 aliphatic heterocycles. The maximum Gasteiger partial charge on any atom is 0.407 e. The van der Waals surface area contributed by atoms with Crippen molar-refractivity contribution in [3.05, 3.63) is 46.6 Å². The Labute approximate surface area is 224 Å². The van der Waals surface area contributed by atoms with Gasteiger partial charge in [-0.25, -0.2) is 14.8 Å². The van der Waals surface area contributed by atoms with Gasteiger partial charge in [0.25, 0.3) is 5.91 Å². The van der Waals surface area contributed by atoms with E-state index in [1.165, 1.54) is 16.2 Å². The van der Waals surface area contributed by atoms with Gasteiger partial charge < -0.3 is 29.9 Å². The first-order valence-corrected chi connectivity index (χ1v) is 13.6. The monoisotopic (exact) mass is 534 g/mol. The second-order valence-electron chi connectivity index (χ2n) is 10.6. The number of fused-ring (bicyclic) bond motifs is 2. The number of amides is 2. The Morgan fingerprint density at radius 1 is 1.13 bits per heavy atom. The molecule has 1 aromatic carbocycles. The van der Waals surface area contributed by atoms with E-state index in [0.717, 1.165) is 44.8 Å². The highest BCUT2D eigenvalue weighted by Crippen LogP contribution is 2.42. The lowest BCUT2D eigenvalue weighted by Crippen LogP contribution is -2.48. The molecule has 5 heterocycles. The van der Waals surface area contributed by atoms with E-state index in [9.17, 15) is 14.7 Å². The number of anilines is 3. The van der Waals surface area contributed by atoms with E-state index >= 15 is 0 Å². The van der Waals surface area contributed by atoms with Crippen molar-refractivity contribution >= 4 is 40.0 Å². The largest absolute Gasteiger partial charge is 0.490 e. The zero-order valence-corrected chi connectivity index (χ0v) is 22.5. The van der Waals surface area contributed by atoms with Gasteiger partial charge in [0.05, 0.1) is 17.9 Å². The zero-order chi connectivity index (χ0) is 26.6. The third-order valence-corrected chi connectivity index (χ3v) is 8.36. The van der Waals surface area contributed by atoms with Crippen LogP contribution in [0.5, 0.6) is 5.75 Å². The summed E-state index contributed by atoms with van der Waals surface area (Å²) < 4.78 is 5.96. The first-order chi connectivity index (χ1) is 18.2. The van der Waals surface area contributed by atoms with Crippen LogP contribution in [0.25, 0.3) is 11.1 Å². The molecule has 10 nitrogen and oxygen atoms in total. The molecule has 0 saturated carbocycles. The summed E-state index contributed by atoms with van der Waals surface area (Å²) in [4.78, 5) is 40.0. The van der Waals surface area contributed by atoms with Gasteiger partial charge in [-0.2, -0.15) is 0 Å². The van der Waals surface area contributed by atoms with Gasteiger partial charge >= 0.3 is 6.09 Å². The number of nitrogens with one attached hydrogen (secondary N) is 1. The highest BCUT2D eigenvalue weighted by atomic mass is 32.1. The van der Waals surface area contributed by atoms with Crippen LogP contribution in [-0.4, -0.2) is 76.8 Å². The SMILES string of the molecule is Cc1cc(-c2ccc3c(c2)N(c2nc4c(s2)C(=O)NC(C)(C)C4)CCO3)cnc1N1CCN(C(=O)O)CC1. The van der Waals surface area contributed by atoms with Crippen molar-refractivity contribution < 1.29 is 19.4 Å². The van der Waals surface area contributed by atoms with Gasteiger partial charge in [-0.15, -0.1) is 0 Å². The number of hydrogen-bond acceptors (Lipinski definition) is 8. The Bertz CT molecular complexity index is 1430. The van der Waals surface area contributed by atoms with E-state index in [1.54, 1.807) is 0 Å². The fraction of sp³-hybridized carbons (Fsp3) is 0.407. The standard InChI is InChI=1S/C27H30N6O4S/c1-16-12-18(15-28-23(16)31-6-8-32(9-7-31)26(35)36)17-4-5-21-20(13-17)33(10-11-37-21)25-29-19-14-27(2,3)30-24(34)22(19)38-25/h4-5,12-13,15H,6-11,14H2,1-3H3,(H,30,34)(H,35,36). The quantitative estimate of drug-likeness (QED) is 0.521. The van der Waals surface area contributed by atoms with Crippen LogP contribution in [0, 0.1) is 6.92 Å². The fourth-order valence-corrected chi connectivity index (χ4v) is 6.36. The molecule has 3 aliphatic rings. The first kappa shape index (κ1) is 24.5. The molecule has 6 rings (SSSR count). The van der Waals surface area contributed by atoms with Crippen molar-refractivity contribution in [2.75, 3.05) is 49.1 Å². The average molecular weight is 535 g/mol. The van der Waals surface area contributed by atoms with Gasteiger partial charge in [0.15, 0.2) is 5.13 Å². The Kier molecular flexibility index (Phi) is 5.90. The van der Waals surface area contributed by atoms with Gasteiger partial charge in [-0.1, -0.05) is 17.4 Å². The molecule has 0 unspecified atom stereocenters. The van der Waals surface area contributed by atoms with Crippen LogP contribution in [0.2, 0.25) is 0 Å². The van der Waals surface area contributed by atoms with Crippen LogP contribution in [-0.2, 0) is 6.42 Å². The molecule has 1 fully saturated rings. The van der Waals surface area contributed by atoms with Crippen LogP contribution in [0.1, 0.15) is 34.8 Å². The minimum Gasteiger partial charge on any atom is -0.490 e. The molecule has 3 aromatic rings. The summed E-state index contributed by atoms with van der Waals surface area (Å²) in [6.45, 7) is 9.44. The van der Waals surface area contributed by atoms with Crippen molar-refractivity contribution in [3.8, 4) is 16.9 Å². The minimum atomic E-state index is -0.875. The van der Waals surface area contributed by atoms with Crippen LogP contribution in [0.4, 0.5) is 21.4 Å². The number of carbonyl (C=O) groups is 2. The number of ether oxygens (including phenoxy) is 1. The van der Waals surface area contributed by atoms with Crippen molar-refractivity contribution in [3.63, 3.8) is 0 Å². The average Bonchev–Trinajstić information content (AvgIpc) is 3.31. The number of carbonyl (C=O) groups excluding carboxylic acids is 1. The summed E-state index contributed by atoms with van der Waals surface area (Å²) in [5.74, 6) is 1.61. The van der Waals surface area contributed by atoms with E-state index in [4.69, 9.17) is 14.7 Å². The number of nitrogens with zero attached hydrogens (tertiary/aromatic N) is 5. The molecule has 0 radical (unpaired) electrons. The summed E-state index contributed by atoms with van der Waals surface area (Å²) >= 11 is 1.43. The molecule has 0 atom stereocenters. The summed E-state index contributed by atoms with van der Waals surface area (Å²) in [5, 5.41) is 13.1. The normalized spacial score (nSPS) is 18.4. The second-order valence-corrected chi connectivity index (χ2v) is 11.6. The number of hydrogen-bond donors (Lipinski definition) is 2. The molecule has 2 amide bonds. The molecule has 1 saturated heterocycles. The van der Waals surface area contributed by atoms with Crippen molar-refractivity contribution in [2.24, 2.45) is 0 Å². The summed E-state index contributed by atoms with van der Waals surface area (Å²) in [7, 11) is 0. The maximum absolute atomic E-state index is 12.7. The smallest absolute Gasteiger partial charge is 0.407 e. The fourth-order valence-electron chi connectivity index (χ4n) is 5.34. The van der Waals surface area contributed by atoms with E-state index in [2.05, 4.69) is 27.2 Å². The third-order valence-electron chi connectivity index (χ3n) is 7.24. The number of rotatable bonds is 3. The lowest BCUT2D eigenvalue weighted by atomic mass is 9.94. The Morgan fingerprint density at radius 3 is 2.66 bits per heavy atom. The van der Waals surface area contributed by atoms with Gasteiger partial charge in [0, 0.05) is 49.9 Å². The van der Waals surface area contributed by atoms with Crippen LogP contribution < -0.4 is 19.9 Å². The molecule has 11 heteroatoms. The lowest BCUT2D eigenvalue weighted by Gasteiger charge is -2.34. The number of pyridine rings is 1. The number of aryl methyl sites for hydroxylation is 1. The van der Waals surface area contributed by atoms with Crippen LogP contribution in [0.15, 0.2) is 30.5 Å². The number of benzene rings is 1. The van der Waals surface area contributed by atoms with E-state index in [1.807, 2.05) is 39.1 Å². The third kappa shape index (κ3) is 4.40. The van der Waals surface area contributed by atoms with Crippen molar-refractivity contribution in [2.45, 2.75) is 32.7 Å². The van der Waals surface area contributed by atoms with Gasteiger partial charge in [0.1, 0.15) is 23.1 Å². The summed E-state index contributed by atoms with van der Waals surface area (Å²) in [6, 6.07) is 8.23. The Morgan fingerprint density at radius 2 is 1.92 bits per heavy atom. The molecular weight excluding hydrogens is 504 g/mol. The Hall–Kier alpha value is -3.86. The second kappa shape index (κ2) is 9.16. The number of thiazole rings is 1. The predicted octanol–water partition coefficient (Wildman–Crippen LogP) is 3.91. The summed E-state index contributed by atoms with van der Waals surface area (Å²) in [5.41, 5.74) is 4.50. The van der Waals surface area contributed by atoms with Crippen LogP contribution >= 0.6 is 11.3 Å². The van der Waals surface area contributed by atoms with Gasteiger partial charge in [-0.05, 0) is 50.1 Å². The molecule has 0 spiro atoms. The maximum atomic E-state index is 12.7. The van der Waals surface area contributed by atoms with E-state index in [-0.39, 0.29) is 11.4 Å². The lowest BCUT2D eigenvalue weighted by molar-refractivity contribution is 0.0900. The van der Waals surface area contributed by atoms with Gasteiger partial charge in [0.2, 0.25) is 0 Å². The van der Waals surface area contributed by atoms with Crippen LogP contribution in [0.3, 0.4) is 0 Å².